The molecular formula is C15H14Cl2N2O3S. The van der Waals surface area contributed by atoms with Crippen LogP contribution in [0.25, 0.3) is 0 Å². The molecule has 0 unspecified atom stereocenters. The van der Waals surface area contributed by atoms with Crippen molar-refractivity contribution in [3.63, 3.8) is 0 Å². The first kappa shape index (κ1) is 17.7. The number of hydrogen-bond donors (Lipinski definition) is 2. The number of carbonyl (C=O) groups excluding carboxylic acids is 2. The van der Waals surface area contributed by atoms with Crippen LogP contribution in [0.4, 0.5) is 0 Å². The molecule has 2 aromatic rings. The molecule has 0 bridgehead atoms. The summed E-state index contributed by atoms with van der Waals surface area (Å²) in [7, 11) is 0. The summed E-state index contributed by atoms with van der Waals surface area (Å²) in [6.45, 7) is 1.67. The van der Waals surface area contributed by atoms with E-state index in [9.17, 15) is 9.59 Å². The standard InChI is InChI=1S/C15H14Cl2N2O3S/c1-9-11(4-5-22-9)15(21)19-18-14(20)8-23-7-10-2-3-12(16)13(17)6-10/h2-6H,7-8H2,1H3,(H,18,20)(H,19,21). The van der Waals surface area contributed by atoms with Gasteiger partial charge in [-0.1, -0.05) is 29.3 Å². The molecule has 1 aromatic heterocycles. The minimum absolute atomic E-state index is 0.199. The molecule has 8 heteroatoms. The van der Waals surface area contributed by atoms with E-state index in [4.69, 9.17) is 27.6 Å². The zero-order chi connectivity index (χ0) is 16.8. The maximum atomic E-state index is 11.8. The van der Waals surface area contributed by atoms with E-state index in [1.54, 1.807) is 19.1 Å². The summed E-state index contributed by atoms with van der Waals surface area (Å²) in [6.07, 6.45) is 1.42. The van der Waals surface area contributed by atoms with Gasteiger partial charge in [0, 0.05) is 5.75 Å². The molecule has 0 spiro atoms. The number of carbonyl (C=O) groups is 2. The lowest BCUT2D eigenvalue weighted by atomic mass is 10.2. The molecule has 2 rings (SSSR count). The van der Waals surface area contributed by atoms with E-state index in [0.717, 1.165) is 5.56 Å². The van der Waals surface area contributed by atoms with Crippen molar-refractivity contribution in [3.8, 4) is 0 Å². The molecule has 0 aliphatic carbocycles. The van der Waals surface area contributed by atoms with Crippen LogP contribution in [0.15, 0.2) is 34.9 Å². The predicted octanol–water partition coefficient (Wildman–Crippen LogP) is 3.59. The summed E-state index contributed by atoms with van der Waals surface area (Å²) in [4.78, 5) is 23.5. The van der Waals surface area contributed by atoms with Crippen molar-refractivity contribution in [2.45, 2.75) is 12.7 Å². The Labute approximate surface area is 147 Å². The molecule has 0 radical (unpaired) electrons. The van der Waals surface area contributed by atoms with E-state index in [1.807, 2.05) is 6.07 Å². The third-order valence-corrected chi connectivity index (χ3v) is 4.65. The summed E-state index contributed by atoms with van der Waals surface area (Å²) in [5.41, 5.74) is 6.05. The third-order valence-electron chi connectivity index (χ3n) is 2.90. The highest BCUT2D eigenvalue weighted by atomic mass is 35.5. The molecule has 0 aliphatic rings. The van der Waals surface area contributed by atoms with Gasteiger partial charge in [0.2, 0.25) is 5.91 Å². The predicted molar refractivity (Wildman–Crippen MR) is 91.7 cm³/mol. The number of hydrazine groups is 1. The Hall–Kier alpha value is -1.63. The Kier molecular flexibility index (Phi) is 6.38. The zero-order valence-corrected chi connectivity index (χ0v) is 14.5. The fraction of sp³-hybridized carbons (Fsp3) is 0.200. The van der Waals surface area contributed by atoms with E-state index < -0.39 is 5.91 Å². The van der Waals surface area contributed by atoms with Crippen molar-refractivity contribution in [2.24, 2.45) is 0 Å². The Bertz CT molecular complexity index is 718. The van der Waals surface area contributed by atoms with Crippen LogP contribution in [0.3, 0.4) is 0 Å². The molecular weight excluding hydrogens is 359 g/mol. The maximum absolute atomic E-state index is 11.8. The van der Waals surface area contributed by atoms with E-state index in [1.165, 1.54) is 24.1 Å². The second kappa shape index (κ2) is 8.29. The van der Waals surface area contributed by atoms with Gasteiger partial charge in [-0.3, -0.25) is 20.4 Å². The van der Waals surface area contributed by atoms with Crippen LogP contribution >= 0.6 is 35.0 Å². The molecule has 2 amide bonds. The number of nitrogens with one attached hydrogen (secondary N) is 2. The van der Waals surface area contributed by atoms with Gasteiger partial charge in [0.1, 0.15) is 5.76 Å². The van der Waals surface area contributed by atoms with Crippen molar-refractivity contribution in [3.05, 3.63) is 57.5 Å². The fourth-order valence-corrected chi connectivity index (χ4v) is 2.84. The number of thioether (sulfide) groups is 1. The van der Waals surface area contributed by atoms with Gasteiger partial charge in [-0.15, -0.1) is 11.8 Å². The number of amides is 2. The van der Waals surface area contributed by atoms with Gasteiger partial charge in [0.25, 0.3) is 5.91 Å². The molecule has 0 fully saturated rings. The topological polar surface area (TPSA) is 71.3 Å². The van der Waals surface area contributed by atoms with Crippen LogP contribution < -0.4 is 10.9 Å². The second-order valence-corrected chi connectivity index (χ2v) is 6.43. The zero-order valence-electron chi connectivity index (χ0n) is 12.2. The Morgan fingerprint density at radius 1 is 1.17 bits per heavy atom. The van der Waals surface area contributed by atoms with Crippen molar-refractivity contribution in [1.82, 2.24) is 10.9 Å². The molecule has 2 N–H and O–H groups in total. The van der Waals surface area contributed by atoms with E-state index >= 15 is 0 Å². The van der Waals surface area contributed by atoms with Crippen molar-refractivity contribution in [2.75, 3.05) is 5.75 Å². The smallest absolute Gasteiger partial charge is 0.273 e. The molecule has 23 heavy (non-hydrogen) atoms. The normalized spacial score (nSPS) is 10.4. The van der Waals surface area contributed by atoms with Crippen LogP contribution in [0.5, 0.6) is 0 Å². The SMILES string of the molecule is Cc1occc1C(=O)NNC(=O)CSCc1ccc(Cl)c(Cl)c1. The molecule has 0 saturated heterocycles. The fourth-order valence-electron chi connectivity index (χ4n) is 1.74. The monoisotopic (exact) mass is 372 g/mol. The highest BCUT2D eigenvalue weighted by Crippen LogP contribution is 2.24. The minimum Gasteiger partial charge on any atom is -0.469 e. The molecule has 0 saturated carbocycles. The van der Waals surface area contributed by atoms with E-state index in [2.05, 4.69) is 10.9 Å². The third kappa shape index (κ3) is 5.20. The average Bonchev–Trinajstić information content (AvgIpc) is 2.94. The lowest BCUT2D eigenvalue weighted by Crippen LogP contribution is -2.42. The number of benzene rings is 1. The minimum atomic E-state index is -0.418. The van der Waals surface area contributed by atoms with Gasteiger partial charge >= 0.3 is 0 Å². The molecule has 0 aliphatic heterocycles. The van der Waals surface area contributed by atoms with Crippen molar-refractivity contribution < 1.29 is 14.0 Å². The number of hydrogen-bond acceptors (Lipinski definition) is 4. The average molecular weight is 373 g/mol. The number of rotatable bonds is 5. The number of halogens is 2. The van der Waals surface area contributed by atoms with Gasteiger partial charge in [0.15, 0.2) is 0 Å². The van der Waals surface area contributed by atoms with E-state index in [-0.39, 0.29) is 11.7 Å². The van der Waals surface area contributed by atoms with Crippen LogP contribution in [0.1, 0.15) is 21.7 Å². The molecule has 5 nitrogen and oxygen atoms in total. The molecule has 1 aromatic carbocycles. The number of furan rings is 1. The highest BCUT2D eigenvalue weighted by Gasteiger charge is 2.12. The van der Waals surface area contributed by atoms with Crippen LogP contribution in [0.2, 0.25) is 10.0 Å². The molecule has 1 heterocycles. The lowest BCUT2D eigenvalue weighted by Gasteiger charge is -2.07. The molecule has 122 valence electrons. The summed E-state index contributed by atoms with van der Waals surface area (Å²) in [5, 5.41) is 0.979. The maximum Gasteiger partial charge on any atom is 0.273 e. The Morgan fingerprint density at radius 3 is 2.61 bits per heavy atom. The van der Waals surface area contributed by atoms with Gasteiger partial charge in [-0.05, 0) is 30.7 Å². The van der Waals surface area contributed by atoms with Gasteiger partial charge in [-0.25, -0.2) is 0 Å². The van der Waals surface area contributed by atoms with Gasteiger partial charge in [-0.2, -0.15) is 0 Å². The van der Waals surface area contributed by atoms with Crippen molar-refractivity contribution in [1.29, 1.82) is 0 Å². The summed E-state index contributed by atoms with van der Waals surface area (Å²) in [6, 6.07) is 6.87. The quantitative estimate of drug-likeness (QED) is 0.786. The summed E-state index contributed by atoms with van der Waals surface area (Å²) in [5.74, 6) is 0.582. The Morgan fingerprint density at radius 2 is 1.96 bits per heavy atom. The van der Waals surface area contributed by atoms with Gasteiger partial charge in [0.05, 0.1) is 27.6 Å². The highest BCUT2D eigenvalue weighted by molar-refractivity contribution is 7.99. The first-order valence-electron chi connectivity index (χ1n) is 6.62. The number of aryl methyl sites for hydroxylation is 1. The second-order valence-electron chi connectivity index (χ2n) is 4.63. The van der Waals surface area contributed by atoms with Crippen LogP contribution in [-0.4, -0.2) is 17.6 Å². The largest absolute Gasteiger partial charge is 0.469 e. The first-order chi connectivity index (χ1) is 11.0. The Balaban J connectivity index is 1.72. The molecule has 0 atom stereocenters. The van der Waals surface area contributed by atoms with Crippen LogP contribution in [0, 0.1) is 6.92 Å². The first-order valence-corrected chi connectivity index (χ1v) is 8.53. The van der Waals surface area contributed by atoms with E-state index in [0.29, 0.717) is 27.1 Å². The lowest BCUT2D eigenvalue weighted by molar-refractivity contribution is -0.119. The van der Waals surface area contributed by atoms with Crippen molar-refractivity contribution >= 4 is 46.8 Å². The summed E-state index contributed by atoms with van der Waals surface area (Å²) >= 11 is 13.2. The summed E-state index contributed by atoms with van der Waals surface area (Å²) < 4.78 is 5.03. The van der Waals surface area contributed by atoms with Crippen LogP contribution in [-0.2, 0) is 10.5 Å². The van der Waals surface area contributed by atoms with Gasteiger partial charge < -0.3 is 4.42 Å².